The quantitative estimate of drug-likeness (QED) is 0.625. The average Bonchev–Trinajstić information content (AvgIpc) is 2.51. The molecule has 136 valence electrons. The number of likely N-dealkylation sites (N-methyl/N-ethyl adjacent to an activating group) is 1. The zero-order valence-electron chi connectivity index (χ0n) is 15.1. The maximum Gasteiger partial charge on any atom is 0.241 e. The van der Waals surface area contributed by atoms with E-state index in [-0.39, 0.29) is 22.8 Å². The smallest absolute Gasteiger partial charge is 0.241 e. The first-order valence-corrected chi connectivity index (χ1v) is 9.68. The van der Waals surface area contributed by atoms with Gasteiger partial charge in [-0.25, -0.2) is 8.42 Å². The number of carbonyl (C=O) groups is 1. The van der Waals surface area contributed by atoms with Crippen LogP contribution < -0.4 is 15.4 Å². The Hall–Kier alpha value is -1.44. The molecule has 1 aromatic carbocycles. The van der Waals surface area contributed by atoms with Gasteiger partial charge in [-0.05, 0) is 45.4 Å². The summed E-state index contributed by atoms with van der Waals surface area (Å²) in [7, 11) is -1.93. The molecular weight excluding hydrogens is 326 g/mol. The molecule has 0 aliphatic carbocycles. The molecular formula is C17H29N3O3S. The largest absolute Gasteiger partial charge is 0.353 e. The maximum atomic E-state index is 12.5. The molecule has 1 rings (SSSR count). The second-order valence-corrected chi connectivity index (χ2v) is 8.27. The molecule has 6 nitrogen and oxygen atoms in total. The van der Waals surface area contributed by atoms with Crippen molar-refractivity contribution in [2.24, 2.45) is 5.92 Å². The number of benzene rings is 1. The van der Waals surface area contributed by atoms with Gasteiger partial charge in [0.05, 0.1) is 4.90 Å². The SMILES string of the molecule is CNC(C)CNC(=O)C(CC(C)C)NS(=O)(=O)c1ccc(C)cc1. The van der Waals surface area contributed by atoms with Crippen LogP contribution in [-0.4, -0.2) is 40.0 Å². The molecule has 0 spiro atoms. The fourth-order valence-corrected chi connectivity index (χ4v) is 3.34. The van der Waals surface area contributed by atoms with E-state index in [4.69, 9.17) is 0 Å². The summed E-state index contributed by atoms with van der Waals surface area (Å²) < 4.78 is 27.6. The number of carbonyl (C=O) groups excluding carboxylic acids is 1. The second-order valence-electron chi connectivity index (χ2n) is 6.55. The van der Waals surface area contributed by atoms with Gasteiger partial charge in [0, 0.05) is 12.6 Å². The predicted octanol–water partition coefficient (Wildman–Crippen LogP) is 1.41. The van der Waals surface area contributed by atoms with Gasteiger partial charge in [0.25, 0.3) is 0 Å². The van der Waals surface area contributed by atoms with Crippen molar-refractivity contribution in [3.8, 4) is 0 Å². The van der Waals surface area contributed by atoms with E-state index >= 15 is 0 Å². The van der Waals surface area contributed by atoms with E-state index in [0.29, 0.717) is 13.0 Å². The summed E-state index contributed by atoms with van der Waals surface area (Å²) in [6.07, 6.45) is 0.435. The predicted molar refractivity (Wildman–Crippen MR) is 96.3 cm³/mol. The van der Waals surface area contributed by atoms with E-state index < -0.39 is 16.1 Å². The van der Waals surface area contributed by atoms with Gasteiger partial charge < -0.3 is 10.6 Å². The van der Waals surface area contributed by atoms with Crippen LogP contribution in [0.1, 0.15) is 32.8 Å². The number of rotatable bonds is 9. The van der Waals surface area contributed by atoms with Gasteiger partial charge in [-0.15, -0.1) is 0 Å². The molecule has 2 atom stereocenters. The van der Waals surface area contributed by atoms with Gasteiger partial charge in [-0.1, -0.05) is 31.5 Å². The summed E-state index contributed by atoms with van der Waals surface area (Å²) in [5.74, 6) is -0.121. The summed E-state index contributed by atoms with van der Waals surface area (Å²) in [5.41, 5.74) is 0.978. The minimum atomic E-state index is -3.74. The molecule has 1 aromatic rings. The first kappa shape index (κ1) is 20.6. The van der Waals surface area contributed by atoms with Crippen LogP contribution in [0.2, 0.25) is 0 Å². The molecule has 1 amide bonds. The highest BCUT2D eigenvalue weighted by atomic mass is 32.2. The van der Waals surface area contributed by atoms with Gasteiger partial charge in [-0.3, -0.25) is 4.79 Å². The monoisotopic (exact) mass is 355 g/mol. The molecule has 2 unspecified atom stereocenters. The Morgan fingerprint density at radius 3 is 2.21 bits per heavy atom. The van der Waals surface area contributed by atoms with Crippen molar-refractivity contribution in [1.29, 1.82) is 0 Å². The van der Waals surface area contributed by atoms with Crippen LogP contribution in [0.4, 0.5) is 0 Å². The number of hydrogen-bond acceptors (Lipinski definition) is 4. The van der Waals surface area contributed by atoms with Gasteiger partial charge in [-0.2, -0.15) is 4.72 Å². The lowest BCUT2D eigenvalue weighted by atomic mass is 10.0. The van der Waals surface area contributed by atoms with Crippen LogP contribution in [0, 0.1) is 12.8 Å². The number of nitrogens with one attached hydrogen (secondary N) is 3. The average molecular weight is 356 g/mol. The highest BCUT2D eigenvalue weighted by Crippen LogP contribution is 2.13. The van der Waals surface area contributed by atoms with Crippen molar-refractivity contribution in [3.05, 3.63) is 29.8 Å². The molecule has 7 heteroatoms. The van der Waals surface area contributed by atoms with E-state index in [1.165, 1.54) is 0 Å². The maximum absolute atomic E-state index is 12.5. The summed E-state index contributed by atoms with van der Waals surface area (Å²) >= 11 is 0. The summed E-state index contributed by atoms with van der Waals surface area (Å²) in [4.78, 5) is 12.6. The molecule has 0 radical (unpaired) electrons. The van der Waals surface area contributed by atoms with Crippen LogP contribution >= 0.6 is 0 Å². The lowest BCUT2D eigenvalue weighted by molar-refractivity contribution is -0.123. The van der Waals surface area contributed by atoms with Crippen LogP contribution in [-0.2, 0) is 14.8 Å². The fourth-order valence-electron chi connectivity index (χ4n) is 2.13. The van der Waals surface area contributed by atoms with E-state index in [1.54, 1.807) is 24.3 Å². The highest BCUT2D eigenvalue weighted by Gasteiger charge is 2.26. The Kier molecular flexibility index (Phi) is 7.86. The van der Waals surface area contributed by atoms with Gasteiger partial charge in [0.2, 0.25) is 15.9 Å². The zero-order chi connectivity index (χ0) is 18.3. The molecule has 0 aliphatic rings. The first-order valence-electron chi connectivity index (χ1n) is 8.19. The molecule has 0 bridgehead atoms. The van der Waals surface area contributed by atoms with Crippen molar-refractivity contribution in [2.75, 3.05) is 13.6 Å². The molecule has 0 saturated heterocycles. The third kappa shape index (κ3) is 6.59. The first-order chi connectivity index (χ1) is 11.2. The van der Waals surface area contributed by atoms with E-state index in [1.807, 2.05) is 34.7 Å². The Morgan fingerprint density at radius 1 is 1.12 bits per heavy atom. The molecule has 0 fully saturated rings. The molecule has 3 N–H and O–H groups in total. The molecule has 0 aromatic heterocycles. The molecule has 24 heavy (non-hydrogen) atoms. The van der Waals surface area contributed by atoms with Crippen molar-refractivity contribution in [3.63, 3.8) is 0 Å². The van der Waals surface area contributed by atoms with E-state index in [2.05, 4.69) is 15.4 Å². The highest BCUT2D eigenvalue weighted by molar-refractivity contribution is 7.89. The van der Waals surface area contributed by atoms with Crippen molar-refractivity contribution in [2.45, 2.75) is 51.1 Å². The topological polar surface area (TPSA) is 87.3 Å². The van der Waals surface area contributed by atoms with Crippen molar-refractivity contribution >= 4 is 15.9 Å². The summed E-state index contributed by atoms with van der Waals surface area (Å²) in [6, 6.07) is 5.89. The second kappa shape index (κ2) is 9.15. The minimum Gasteiger partial charge on any atom is -0.353 e. The Labute approximate surface area is 145 Å². The fraction of sp³-hybridized carbons (Fsp3) is 0.588. The third-order valence-corrected chi connectivity index (χ3v) is 5.22. The van der Waals surface area contributed by atoms with Crippen LogP contribution in [0.5, 0.6) is 0 Å². The molecule has 0 aliphatic heterocycles. The van der Waals surface area contributed by atoms with E-state index in [0.717, 1.165) is 5.56 Å². The summed E-state index contributed by atoms with van der Waals surface area (Å²) in [5, 5.41) is 5.82. The number of sulfonamides is 1. The van der Waals surface area contributed by atoms with Gasteiger partial charge in [0.1, 0.15) is 6.04 Å². The van der Waals surface area contributed by atoms with Crippen LogP contribution in [0.3, 0.4) is 0 Å². The van der Waals surface area contributed by atoms with Crippen LogP contribution in [0.15, 0.2) is 29.2 Å². The Morgan fingerprint density at radius 2 is 1.71 bits per heavy atom. The number of amides is 1. The lowest BCUT2D eigenvalue weighted by Gasteiger charge is -2.21. The molecule has 0 saturated carbocycles. The Balaban J connectivity index is 2.88. The number of aryl methyl sites for hydroxylation is 1. The van der Waals surface area contributed by atoms with Gasteiger partial charge >= 0.3 is 0 Å². The summed E-state index contributed by atoms with van der Waals surface area (Å²) in [6.45, 7) is 8.18. The normalized spacial score (nSPS) is 14.4. The number of hydrogen-bond donors (Lipinski definition) is 3. The third-order valence-electron chi connectivity index (χ3n) is 3.73. The standard InChI is InChI=1S/C17H29N3O3S/c1-12(2)10-16(17(21)19-11-14(4)18-5)20-24(22,23)15-8-6-13(3)7-9-15/h6-9,12,14,16,18,20H,10-11H2,1-5H3,(H,19,21). The minimum absolute atomic E-state index is 0.113. The Bertz CT molecular complexity index is 627. The van der Waals surface area contributed by atoms with Crippen molar-refractivity contribution < 1.29 is 13.2 Å². The zero-order valence-corrected chi connectivity index (χ0v) is 15.9. The van der Waals surface area contributed by atoms with E-state index in [9.17, 15) is 13.2 Å². The van der Waals surface area contributed by atoms with Crippen molar-refractivity contribution in [1.82, 2.24) is 15.4 Å². The van der Waals surface area contributed by atoms with Crippen LogP contribution in [0.25, 0.3) is 0 Å². The van der Waals surface area contributed by atoms with Gasteiger partial charge in [0.15, 0.2) is 0 Å². The molecule has 0 heterocycles. The lowest BCUT2D eigenvalue weighted by Crippen LogP contribution is -2.49.